The van der Waals surface area contributed by atoms with Gasteiger partial charge in [0.25, 0.3) is 0 Å². The molecule has 1 N–H and O–H groups in total. The first kappa shape index (κ1) is 29.6. The lowest BCUT2D eigenvalue weighted by atomic mass is 10.1. The van der Waals surface area contributed by atoms with Gasteiger partial charge in [-0.3, -0.25) is 13.9 Å². The highest BCUT2D eigenvalue weighted by Gasteiger charge is 2.29. The first-order valence-electron chi connectivity index (χ1n) is 12.4. The molecule has 2 rings (SSSR count). The maximum Gasteiger partial charge on any atom is 0.243 e. The molecule has 0 aliphatic rings. The smallest absolute Gasteiger partial charge is 0.243 e. The van der Waals surface area contributed by atoms with Crippen molar-refractivity contribution >= 4 is 39.1 Å². The molecule has 0 radical (unpaired) electrons. The normalized spacial score (nSPS) is 12.3. The lowest BCUT2D eigenvalue weighted by molar-refractivity contribution is -0.141. The molecule has 0 aromatic heterocycles. The third kappa shape index (κ3) is 8.82. The fraction of sp³-hybridized carbons (Fsp3) is 0.481. The number of benzene rings is 2. The van der Waals surface area contributed by atoms with E-state index in [1.54, 1.807) is 29.2 Å². The fourth-order valence-electron chi connectivity index (χ4n) is 3.99. The van der Waals surface area contributed by atoms with Crippen molar-refractivity contribution in [1.82, 2.24) is 10.2 Å². The van der Waals surface area contributed by atoms with Crippen molar-refractivity contribution in [3.63, 3.8) is 0 Å². The monoisotopic (exact) mass is 535 g/mol. The Labute approximate surface area is 220 Å². The van der Waals surface area contributed by atoms with E-state index in [2.05, 4.69) is 5.32 Å². The first-order chi connectivity index (χ1) is 17.0. The lowest BCUT2D eigenvalue weighted by Crippen LogP contribution is -2.50. The third-order valence-corrected chi connectivity index (χ3v) is 7.31. The van der Waals surface area contributed by atoms with Crippen molar-refractivity contribution in [2.24, 2.45) is 0 Å². The summed E-state index contributed by atoms with van der Waals surface area (Å²) in [7, 11) is -3.52. The molecule has 2 aromatic carbocycles. The van der Waals surface area contributed by atoms with Crippen LogP contribution in [0.25, 0.3) is 0 Å². The van der Waals surface area contributed by atoms with E-state index in [9.17, 15) is 18.0 Å². The predicted molar refractivity (Wildman–Crippen MR) is 147 cm³/mol. The van der Waals surface area contributed by atoms with Crippen LogP contribution in [0.5, 0.6) is 0 Å². The summed E-state index contributed by atoms with van der Waals surface area (Å²) in [6, 6.07) is 13.9. The van der Waals surface area contributed by atoms with Crippen LogP contribution in [-0.4, -0.2) is 50.0 Å². The van der Waals surface area contributed by atoms with Gasteiger partial charge in [-0.15, -0.1) is 0 Å². The molecule has 0 saturated heterocycles. The molecule has 0 saturated carbocycles. The Kier molecular flexibility index (Phi) is 11.2. The highest BCUT2D eigenvalue weighted by molar-refractivity contribution is 7.92. The molecule has 0 aliphatic carbocycles. The van der Waals surface area contributed by atoms with E-state index >= 15 is 0 Å². The van der Waals surface area contributed by atoms with Crippen LogP contribution in [0.3, 0.4) is 0 Å². The predicted octanol–water partition coefficient (Wildman–Crippen LogP) is 4.78. The number of carbonyl (C=O) groups excluding carboxylic acids is 2. The van der Waals surface area contributed by atoms with Gasteiger partial charge < -0.3 is 10.2 Å². The molecule has 2 aromatic rings. The Morgan fingerprint density at radius 1 is 0.972 bits per heavy atom. The number of amides is 2. The largest absolute Gasteiger partial charge is 0.352 e. The number of halogens is 1. The Balaban J connectivity index is 2.20. The lowest BCUT2D eigenvalue weighted by Gasteiger charge is -2.31. The van der Waals surface area contributed by atoms with Gasteiger partial charge >= 0.3 is 0 Å². The van der Waals surface area contributed by atoms with Gasteiger partial charge in [0.15, 0.2) is 0 Å². The van der Waals surface area contributed by atoms with Crippen molar-refractivity contribution in [2.45, 2.75) is 72.0 Å². The Morgan fingerprint density at radius 2 is 1.56 bits per heavy atom. The van der Waals surface area contributed by atoms with Gasteiger partial charge in [0.05, 0.1) is 11.9 Å². The second-order valence-corrected chi connectivity index (χ2v) is 11.5. The van der Waals surface area contributed by atoms with Crippen LogP contribution >= 0.6 is 11.6 Å². The molecule has 0 bridgehead atoms. The molecule has 7 nitrogen and oxygen atoms in total. The van der Waals surface area contributed by atoms with E-state index in [0.717, 1.165) is 17.5 Å². The Hall–Kier alpha value is -2.58. The van der Waals surface area contributed by atoms with Gasteiger partial charge in [0.1, 0.15) is 6.04 Å². The zero-order chi connectivity index (χ0) is 26.9. The second-order valence-electron chi connectivity index (χ2n) is 9.19. The molecule has 0 fully saturated rings. The zero-order valence-corrected chi connectivity index (χ0v) is 23.4. The van der Waals surface area contributed by atoms with Gasteiger partial charge in [-0.25, -0.2) is 8.42 Å². The molecular weight excluding hydrogens is 498 g/mol. The van der Waals surface area contributed by atoms with E-state index < -0.39 is 16.1 Å². The van der Waals surface area contributed by atoms with E-state index in [1.807, 2.05) is 52.0 Å². The molecular formula is C27H38ClN3O4S. The quantitative estimate of drug-likeness (QED) is 0.400. The minimum atomic E-state index is -3.52. The SMILES string of the molecule is CCc1ccc(N(CCCC(=O)N(Cc2ccc(Cl)cc2)[C@H](CC)C(=O)NC(C)C)S(C)(=O)=O)cc1. The number of aryl methyl sites for hydroxylation is 1. The highest BCUT2D eigenvalue weighted by atomic mass is 35.5. The molecule has 0 unspecified atom stereocenters. The van der Waals surface area contributed by atoms with E-state index in [4.69, 9.17) is 11.6 Å². The summed E-state index contributed by atoms with van der Waals surface area (Å²) < 4.78 is 26.3. The van der Waals surface area contributed by atoms with E-state index in [1.165, 1.54) is 10.6 Å². The van der Waals surface area contributed by atoms with Crippen LogP contribution < -0.4 is 9.62 Å². The van der Waals surface area contributed by atoms with Crippen molar-refractivity contribution in [1.29, 1.82) is 0 Å². The molecule has 0 heterocycles. The molecule has 36 heavy (non-hydrogen) atoms. The number of hydrogen-bond donors (Lipinski definition) is 1. The number of anilines is 1. The van der Waals surface area contributed by atoms with E-state index in [0.29, 0.717) is 23.6 Å². The van der Waals surface area contributed by atoms with Crippen molar-refractivity contribution in [2.75, 3.05) is 17.1 Å². The summed E-state index contributed by atoms with van der Waals surface area (Å²) in [4.78, 5) is 27.9. The Morgan fingerprint density at radius 3 is 2.06 bits per heavy atom. The van der Waals surface area contributed by atoms with Gasteiger partial charge in [-0.05, 0) is 68.5 Å². The molecule has 0 aliphatic heterocycles. The van der Waals surface area contributed by atoms with Crippen LogP contribution in [0, 0.1) is 0 Å². The van der Waals surface area contributed by atoms with Gasteiger partial charge in [0.2, 0.25) is 21.8 Å². The summed E-state index contributed by atoms with van der Waals surface area (Å²) in [5.74, 6) is -0.408. The maximum atomic E-state index is 13.4. The number of nitrogens with one attached hydrogen (secondary N) is 1. The van der Waals surface area contributed by atoms with E-state index in [-0.39, 0.29) is 37.4 Å². The number of nitrogens with zero attached hydrogens (tertiary/aromatic N) is 2. The molecule has 2 amide bonds. The van der Waals surface area contributed by atoms with Crippen LogP contribution in [0.4, 0.5) is 5.69 Å². The van der Waals surface area contributed by atoms with Gasteiger partial charge in [-0.2, -0.15) is 0 Å². The average molecular weight is 536 g/mol. The Bertz CT molecular complexity index is 1100. The third-order valence-electron chi connectivity index (χ3n) is 5.87. The minimum Gasteiger partial charge on any atom is -0.352 e. The van der Waals surface area contributed by atoms with Crippen molar-refractivity contribution in [3.8, 4) is 0 Å². The van der Waals surface area contributed by atoms with Gasteiger partial charge in [0, 0.05) is 30.6 Å². The van der Waals surface area contributed by atoms with Crippen LogP contribution in [0.1, 0.15) is 58.1 Å². The average Bonchev–Trinajstić information content (AvgIpc) is 2.81. The minimum absolute atomic E-state index is 0.0542. The molecule has 9 heteroatoms. The standard InChI is InChI=1S/C27H38ClN3O4S/c1-6-21-12-16-24(17-13-21)31(36(5,34)35)18-8-9-26(32)30(19-22-10-14-23(28)15-11-22)25(7-2)27(33)29-20(3)4/h10-17,20,25H,6-9,18-19H2,1-5H3,(H,29,33)/t25-/m1/s1. The van der Waals surface area contributed by atoms with Crippen molar-refractivity contribution < 1.29 is 18.0 Å². The number of rotatable bonds is 13. The van der Waals surface area contributed by atoms with Crippen molar-refractivity contribution in [3.05, 3.63) is 64.7 Å². The second kappa shape index (κ2) is 13.7. The molecule has 198 valence electrons. The zero-order valence-electron chi connectivity index (χ0n) is 21.8. The number of carbonyl (C=O) groups is 2. The topological polar surface area (TPSA) is 86.8 Å². The number of hydrogen-bond acceptors (Lipinski definition) is 4. The first-order valence-corrected chi connectivity index (χ1v) is 14.6. The summed E-state index contributed by atoms with van der Waals surface area (Å²) in [5, 5.41) is 3.50. The molecule has 1 atom stereocenters. The van der Waals surface area contributed by atoms with Crippen LogP contribution in [-0.2, 0) is 32.6 Å². The summed E-state index contributed by atoms with van der Waals surface area (Å²) in [6.45, 7) is 8.09. The summed E-state index contributed by atoms with van der Waals surface area (Å²) in [5.41, 5.74) is 2.55. The summed E-state index contributed by atoms with van der Waals surface area (Å²) >= 11 is 6.01. The fourth-order valence-corrected chi connectivity index (χ4v) is 5.08. The molecule has 0 spiro atoms. The summed E-state index contributed by atoms with van der Waals surface area (Å²) in [6.07, 6.45) is 2.91. The van der Waals surface area contributed by atoms with Crippen LogP contribution in [0.2, 0.25) is 5.02 Å². The van der Waals surface area contributed by atoms with Crippen LogP contribution in [0.15, 0.2) is 48.5 Å². The van der Waals surface area contributed by atoms with Gasteiger partial charge in [-0.1, -0.05) is 49.7 Å². The highest BCUT2D eigenvalue weighted by Crippen LogP contribution is 2.21. The number of sulfonamides is 1. The maximum absolute atomic E-state index is 13.4.